The fourth-order valence-electron chi connectivity index (χ4n) is 1.31. The van der Waals surface area contributed by atoms with Crippen LogP contribution in [0.2, 0.25) is 0 Å². The summed E-state index contributed by atoms with van der Waals surface area (Å²) in [5.74, 6) is -0.0937. The maximum Gasteiger partial charge on any atom is 0.320 e. The zero-order valence-electron chi connectivity index (χ0n) is 8.21. The third kappa shape index (κ3) is 4.24. The molecule has 76 valence electrons. The van der Waals surface area contributed by atoms with Gasteiger partial charge in [0, 0.05) is 26.2 Å². The van der Waals surface area contributed by atoms with Crippen LogP contribution in [0.1, 0.15) is 13.3 Å². The lowest BCUT2D eigenvalue weighted by atomic mass is 10.3. The van der Waals surface area contributed by atoms with Crippen LogP contribution in [0.5, 0.6) is 0 Å². The largest absolute Gasteiger partial charge is 0.465 e. The summed E-state index contributed by atoms with van der Waals surface area (Å²) in [6.45, 7) is 6.83. The number of esters is 1. The third-order valence-corrected chi connectivity index (χ3v) is 2.03. The maximum absolute atomic E-state index is 11.2. The van der Waals surface area contributed by atoms with Crippen LogP contribution in [-0.4, -0.2) is 50.2 Å². The van der Waals surface area contributed by atoms with Crippen LogP contribution in [0.25, 0.3) is 0 Å². The van der Waals surface area contributed by atoms with E-state index in [2.05, 4.69) is 10.2 Å². The molecular weight excluding hydrogens is 168 g/mol. The summed E-state index contributed by atoms with van der Waals surface area (Å²) in [5.41, 5.74) is 0. The normalized spacial score (nSPS) is 18.5. The van der Waals surface area contributed by atoms with Crippen LogP contribution >= 0.6 is 0 Å². The van der Waals surface area contributed by atoms with E-state index in [1.807, 2.05) is 6.92 Å². The van der Waals surface area contributed by atoms with Gasteiger partial charge in [-0.1, -0.05) is 6.92 Å². The van der Waals surface area contributed by atoms with Gasteiger partial charge in [-0.3, -0.25) is 9.69 Å². The van der Waals surface area contributed by atoms with Gasteiger partial charge < -0.3 is 10.1 Å². The van der Waals surface area contributed by atoms with Crippen molar-refractivity contribution in [1.82, 2.24) is 10.2 Å². The standard InChI is InChI=1S/C9H18N2O2/c1-2-7-13-9(12)8-11-5-3-10-4-6-11/h10H,2-8H2,1H3. The molecule has 0 aromatic heterocycles. The quantitative estimate of drug-likeness (QED) is 0.620. The number of carbonyl (C=O) groups is 1. The highest BCUT2D eigenvalue weighted by molar-refractivity contribution is 5.71. The van der Waals surface area contributed by atoms with Crippen molar-refractivity contribution in [3.8, 4) is 0 Å². The van der Waals surface area contributed by atoms with Crippen molar-refractivity contribution in [2.24, 2.45) is 0 Å². The molecule has 0 amide bonds. The lowest BCUT2D eigenvalue weighted by Gasteiger charge is -2.25. The summed E-state index contributed by atoms with van der Waals surface area (Å²) in [6.07, 6.45) is 0.896. The molecule has 1 fully saturated rings. The van der Waals surface area contributed by atoms with Crippen LogP contribution < -0.4 is 5.32 Å². The Bertz CT molecular complexity index is 156. The molecule has 1 aliphatic rings. The van der Waals surface area contributed by atoms with Gasteiger partial charge in [0.2, 0.25) is 0 Å². The fourth-order valence-corrected chi connectivity index (χ4v) is 1.31. The van der Waals surface area contributed by atoms with Gasteiger partial charge in [0.05, 0.1) is 13.2 Å². The predicted molar refractivity (Wildman–Crippen MR) is 50.6 cm³/mol. The Hall–Kier alpha value is -0.610. The van der Waals surface area contributed by atoms with Gasteiger partial charge in [-0.15, -0.1) is 0 Å². The molecule has 0 unspecified atom stereocenters. The van der Waals surface area contributed by atoms with Crippen molar-refractivity contribution in [2.45, 2.75) is 13.3 Å². The van der Waals surface area contributed by atoms with E-state index in [9.17, 15) is 4.79 Å². The molecule has 1 aliphatic heterocycles. The minimum Gasteiger partial charge on any atom is -0.465 e. The topological polar surface area (TPSA) is 41.6 Å². The number of hydrogen-bond acceptors (Lipinski definition) is 4. The molecule has 0 aliphatic carbocycles. The first kappa shape index (κ1) is 10.5. The molecular formula is C9H18N2O2. The molecule has 4 heteroatoms. The molecule has 0 atom stereocenters. The molecule has 0 aromatic carbocycles. The Balaban J connectivity index is 2.11. The zero-order valence-corrected chi connectivity index (χ0v) is 8.21. The lowest BCUT2D eigenvalue weighted by Crippen LogP contribution is -2.45. The number of nitrogens with zero attached hydrogens (tertiary/aromatic N) is 1. The first-order valence-corrected chi connectivity index (χ1v) is 4.91. The number of rotatable bonds is 4. The number of piperazine rings is 1. The highest BCUT2D eigenvalue weighted by atomic mass is 16.5. The molecule has 0 saturated carbocycles. The van der Waals surface area contributed by atoms with Crippen molar-refractivity contribution in [3.05, 3.63) is 0 Å². The minimum atomic E-state index is -0.0937. The minimum absolute atomic E-state index is 0.0937. The summed E-state index contributed by atoms with van der Waals surface area (Å²) in [5, 5.41) is 3.24. The molecule has 1 heterocycles. The summed E-state index contributed by atoms with van der Waals surface area (Å²) in [4.78, 5) is 13.3. The average Bonchev–Trinajstić information content (AvgIpc) is 2.16. The molecule has 1 N–H and O–H groups in total. The highest BCUT2D eigenvalue weighted by Gasteiger charge is 2.13. The van der Waals surface area contributed by atoms with Gasteiger partial charge in [0.15, 0.2) is 0 Å². The van der Waals surface area contributed by atoms with E-state index in [0.717, 1.165) is 32.6 Å². The van der Waals surface area contributed by atoms with Crippen LogP contribution in [-0.2, 0) is 9.53 Å². The molecule has 1 rings (SSSR count). The second kappa shape index (κ2) is 5.94. The Morgan fingerprint density at radius 1 is 1.46 bits per heavy atom. The van der Waals surface area contributed by atoms with Gasteiger partial charge in [-0.2, -0.15) is 0 Å². The number of hydrogen-bond donors (Lipinski definition) is 1. The number of ether oxygens (including phenoxy) is 1. The summed E-state index contributed by atoms with van der Waals surface area (Å²) in [6, 6.07) is 0. The van der Waals surface area contributed by atoms with E-state index < -0.39 is 0 Å². The van der Waals surface area contributed by atoms with E-state index in [1.165, 1.54) is 0 Å². The summed E-state index contributed by atoms with van der Waals surface area (Å²) in [7, 11) is 0. The van der Waals surface area contributed by atoms with Gasteiger partial charge >= 0.3 is 5.97 Å². The van der Waals surface area contributed by atoms with Crippen LogP contribution in [0.4, 0.5) is 0 Å². The number of carbonyl (C=O) groups excluding carboxylic acids is 1. The second-order valence-corrected chi connectivity index (χ2v) is 3.25. The van der Waals surface area contributed by atoms with E-state index in [-0.39, 0.29) is 5.97 Å². The summed E-state index contributed by atoms with van der Waals surface area (Å²) >= 11 is 0. The van der Waals surface area contributed by atoms with Crippen molar-refractivity contribution in [1.29, 1.82) is 0 Å². The SMILES string of the molecule is CCCOC(=O)CN1CCNCC1. The molecule has 0 bridgehead atoms. The Kier molecular flexibility index (Phi) is 4.78. The first-order valence-electron chi connectivity index (χ1n) is 4.91. The smallest absolute Gasteiger partial charge is 0.320 e. The van der Waals surface area contributed by atoms with Crippen LogP contribution in [0.15, 0.2) is 0 Å². The Morgan fingerprint density at radius 2 is 2.15 bits per heavy atom. The molecule has 4 nitrogen and oxygen atoms in total. The van der Waals surface area contributed by atoms with E-state index in [0.29, 0.717) is 13.2 Å². The third-order valence-electron chi connectivity index (χ3n) is 2.03. The van der Waals surface area contributed by atoms with Gasteiger partial charge in [-0.05, 0) is 6.42 Å². The number of nitrogens with one attached hydrogen (secondary N) is 1. The van der Waals surface area contributed by atoms with E-state index in [4.69, 9.17) is 4.74 Å². The zero-order chi connectivity index (χ0) is 9.52. The van der Waals surface area contributed by atoms with Crippen LogP contribution in [0, 0.1) is 0 Å². The Labute approximate surface area is 79.2 Å². The van der Waals surface area contributed by atoms with E-state index >= 15 is 0 Å². The molecule has 0 aromatic rings. The average molecular weight is 186 g/mol. The Morgan fingerprint density at radius 3 is 2.77 bits per heavy atom. The van der Waals surface area contributed by atoms with Crippen molar-refractivity contribution in [2.75, 3.05) is 39.3 Å². The maximum atomic E-state index is 11.2. The van der Waals surface area contributed by atoms with Gasteiger partial charge in [-0.25, -0.2) is 0 Å². The van der Waals surface area contributed by atoms with Gasteiger partial charge in [0.1, 0.15) is 0 Å². The highest BCUT2D eigenvalue weighted by Crippen LogP contribution is 1.93. The molecule has 13 heavy (non-hydrogen) atoms. The van der Waals surface area contributed by atoms with E-state index in [1.54, 1.807) is 0 Å². The van der Waals surface area contributed by atoms with Crippen molar-refractivity contribution >= 4 is 5.97 Å². The van der Waals surface area contributed by atoms with Crippen molar-refractivity contribution < 1.29 is 9.53 Å². The monoisotopic (exact) mass is 186 g/mol. The molecule has 0 radical (unpaired) electrons. The second-order valence-electron chi connectivity index (χ2n) is 3.25. The lowest BCUT2D eigenvalue weighted by molar-refractivity contribution is -0.145. The van der Waals surface area contributed by atoms with Gasteiger partial charge in [0.25, 0.3) is 0 Å². The predicted octanol–water partition coefficient (Wildman–Crippen LogP) is -0.155. The van der Waals surface area contributed by atoms with Crippen LogP contribution in [0.3, 0.4) is 0 Å². The first-order chi connectivity index (χ1) is 6.33. The van der Waals surface area contributed by atoms with Crippen molar-refractivity contribution in [3.63, 3.8) is 0 Å². The molecule has 0 spiro atoms. The molecule has 1 saturated heterocycles. The fraction of sp³-hybridized carbons (Fsp3) is 0.889. The summed E-state index contributed by atoms with van der Waals surface area (Å²) < 4.78 is 4.99.